The number of hydrogen-bond acceptors (Lipinski definition) is 4. The monoisotopic (exact) mass is 325 g/mol. The lowest BCUT2D eigenvalue weighted by atomic mass is 9.81. The first kappa shape index (κ1) is 15.9. The molecule has 0 aromatic heterocycles. The highest BCUT2D eigenvalue weighted by molar-refractivity contribution is 7.89. The number of sulfonamides is 1. The number of methoxy groups -OCH3 is 1. The first-order valence-corrected chi connectivity index (χ1v) is 9.12. The number of ether oxygens (including phenoxy) is 2. The average Bonchev–Trinajstić information content (AvgIpc) is 3.00. The molecule has 4 rings (SSSR count). The summed E-state index contributed by atoms with van der Waals surface area (Å²) in [6.07, 6.45) is 2.46. The Morgan fingerprint density at radius 1 is 1.23 bits per heavy atom. The summed E-state index contributed by atoms with van der Waals surface area (Å²) in [4.78, 5) is 0.375. The van der Waals surface area contributed by atoms with Gasteiger partial charge in [0, 0.05) is 32.9 Å². The number of hydrogen-bond donors (Lipinski definition) is 0. The molecule has 1 saturated carbocycles. The molecule has 0 N–H and O–H groups in total. The summed E-state index contributed by atoms with van der Waals surface area (Å²) in [5, 5.41) is 0. The van der Waals surface area contributed by atoms with Crippen molar-refractivity contribution in [3.63, 3.8) is 0 Å². The van der Waals surface area contributed by atoms with Crippen molar-refractivity contribution in [2.45, 2.75) is 42.7 Å². The zero-order valence-corrected chi connectivity index (χ0v) is 13.9. The molecule has 6 heteroatoms. The van der Waals surface area contributed by atoms with E-state index in [1.54, 1.807) is 23.5 Å². The van der Waals surface area contributed by atoms with Gasteiger partial charge >= 0.3 is 0 Å². The van der Waals surface area contributed by atoms with Gasteiger partial charge in [-0.25, -0.2) is 8.42 Å². The SMILES string of the molecule is COCCCOC12CC(C1)N(S(=O)(=O)c1ccc(C)cc1)C2. The fraction of sp³-hybridized carbons (Fsp3) is 0.625. The molecule has 2 saturated heterocycles. The summed E-state index contributed by atoms with van der Waals surface area (Å²) in [5.41, 5.74) is 0.790. The highest BCUT2D eigenvalue weighted by Gasteiger charge is 2.59. The molecule has 0 amide bonds. The minimum atomic E-state index is -3.41. The molecule has 2 aliphatic heterocycles. The highest BCUT2D eigenvalue weighted by atomic mass is 32.2. The molecule has 2 heterocycles. The van der Waals surface area contributed by atoms with E-state index in [-0.39, 0.29) is 11.6 Å². The van der Waals surface area contributed by atoms with Gasteiger partial charge in [0.05, 0.1) is 10.5 Å². The van der Waals surface area contributed by atoms with Crippen LogP contribution in [0.2, 0.25) is 0 Å². The Bertz CT molecular complexity index is 620. The van der Waals surface area contributed by atoms with Crippen LogP contribution in [0.1, 0.15) is 24.8 Å². The first-order valence-electron chi connectivity index (χ1n) is 7.68. The predicted molar refractivity (Wildman–Crippen MR) is 83.3 cm³/mol. The van der Waals surface area contributed by atoms with E-state index in [0.717, 1.165) is 24.8 Å². The Morgan fingerprint density at radius 3 is 2.55 bits per heavy atom. The maximum absolute atomic E-state index is 12.8. The second kappa shape index (κ2) is 5.92. The van der Waals surface area contributed by atoms with Crippen LogP contribution in [0, 0.1) is 6.92 Å². The molecule has 5 nitrogen and oxygen atoms in total. The standard InChI is InChI=1S/C16H23NO4S/c1-13-4-6-15(7-5-13)22(18,19)17-12-16(10-14(17)11-16)21-9-3-8-20-2/h4-7,14H,3,8-12H2,1-2H3. The third kappa shape index (κ3) is 2.80. The summed E-state index contributed by atoms with van der Waals surface area (Å²) in [6.45, 7) is 3.72. The summed E-state index contributed by atoms with van der Waals surface area (Å²) in [6, 6.07) is 7.14. The van der Waals surface area contributed by atoms with E-state index in [0.29, 0.717) is 24.7 Å². The number of benzene rings is 1. The van der Waals surface area contributed by atoms with E-state index in [1.807, 2.05) is 19.1 Å². The second-order valence-corrected chi connectivity index (χ2v) is 8.19. The Hall–Kier alpha value is -0.950. The lowest BCUT2D eigenvalue weighted by Crippen LogP contribution is -2.43. The molecule has 3 aliphatic rings. The molecule has 2 bridgehead atoms. The summed E-state index contributed by atoms with van der Waals surface area (Å²) < 4.78 is 38.1. The van der Waals surface area contributed by atoms with E-state index >= 15 is 0 Å². The number of fused-ring (bicyclic) bond motifs is 1. The minimum absolute atomic E-state index is 0.0914. The van der Waals surface area contributed by atoms with Crippen molar-refractivity contribution >= 4 is 10.0 Å². The fourth-order valence-electron chi connectivity index (χ4n) is 3.33. The predicted octanol–water partition coefficient (Wildman–Crippen LogP) is 1.95. The zero-order chi connectivity index (χ0) is 15.8. The molecule has 1 aromatic carbocycles. The van der Waals surface area contributed by atoms with Crippen molar-refractivity contribution in [3.05, 3.63) is 29.8 Å². The molecular formula is C16H23NO4S. The topological polar surface area (TPSA) is 55.8 Å². The molecule has 122 valence electrons. The maximum Gasteiger partial charge on any atom is 0.243 e. The van der Waals surface area contributed by atoms with Crippen LogP contribution < -0.4 is 0 Å². The van der Waals surface area contributed by atoms with Gasteiger partial charge in [0.15, 0.2) is 0 Å². The number of rotatable bonds is 7. The average molecular weight is 325 g/mol. The second-order valence-electron chi connectivity index (χ2n) is 6.30. The fourth-order valence-corrected chi connectivity index (χ4v) is 5.02. The quantitative estimate of drug-likeness (QED) is 0.719. The Morgan fingerprint density at radius 2 is 1.91 bits per heavy atom. The van der Waals surface area contributed by atoms with E-state index in [4.69, 9.17) is 9.47 Å². The van der Waals surface area contributed by atoms with Crippen LogP contribution in [0.4, 0.5) is 0 Å². The van der Waals surface area contributed by atoms with Crippen LogP contribution in [0.3, 0.4) is 0 Å². The van der Waals surface area contributed by atoms with Crippen molar-refractivity contribution in [1.29, 1.82) is 0 Å². The maximum atomic E-state index is 12.8. The molecule has 3 fully saturated rings. The number of aryl methyl sites for hydroxylation is 1. The van der Waals surface area contributed by atoms with Gasteiger partial charge in [-0.05, 0) is 38.3 Å². The highest BCUT2D eigenvalue weighted by Crippen LogP contribution is 2.49. The van der Waals surface area contributed by atoms with Gasteiger partial charge in [-0.3, -0.25) is 0 Å². The normalized spacial score (nSPS) is 27.8. The van der Waals surface area contributed by atoms with Crippen LogP contribution in [-0.4, -0.2) is 51.2 Å². The van der Waals surface area contributed by atoms with E-state index < -0.39 is 10.0 Å². The van der Waals surface area contributed by atoms with Gasteiger partial charge in [-0.1, -0.05) is 17.7 Å². The third-order valence-corrected chi connectivity index (χ3v) is 6.51. The molecule has 1 aliphatic carbocycles. The minimum Gasteiger partial charge on any atom is -0.385 e. The molecular weight excluding hydrogens is 302 g/mol. The lowest BCUT2D eigenvalue weighted by Gasteiger charge is -2.36. The molecule has 1 aromatic rings. The van der Waals surface area contributed by atoms with Crippen molar-refractivity contribution in [2.24, 2.45) is 0 Å². The van der Waals surface area contributed by atoms with Crippen molar-refractivity contribution in [3.8, 4) is 0 Å². The molecule has 0 spiro atoms. The smallest absolute Gasteiger partial charge is 0.243 e. The van der Waals surface area contributed by atoms with Crippen LogP contribution in [0.15, 0.2) is 29.2 Å². The Balaban J connectivity index is 1.66. The summed E-state index contributed by atoms with van der Waals surface area (Å²) >= 11 is 0. The van der Waals surface area contributed by atoms with E-state index in [2.05, 4.69) is 0 Å². The zero-order valence-electron chi connectivity index (χ0n) is 13.1. The van der Waals surface area contributed by atoms with Crippen LogP contribution >= 0.6 is 0 Å². The van der Waals surface area contributed by atoms with E-state index in [1.165, 1.54) is 0 Å². The van der Waals surface area contributed by atoms with Gasteiger partial charge < -0.3 is 9.47 Å². The third-order valence-electron chi connectivity index (χ3n) is 4.60. The summed E-state index contributed by atoms with van der Waals surface area (Å²) in [7, 11) is -1.74. The van der Waals surface area contributed by atoms with Crippen LogP contribution in [0.25, 0.3) is 0 Å². The first-order chi connectivity index (χ1) is 10.5. The van der Waals surface area contributed by atoms with Crippen LogP contribution in [-0.2, 0) is 19.5 Å². The molecule has 0 radical (unpaired) electrons. The summed E-state index contributed by atoms with van der Waals surface area (Å²) in [5.74, 6) is 0. The Labute approximate surface area is 132 Å². The van der Waals surface area contributed by atoms with Crippen molar-refractivity contribution < 1.29 is 17.9 Å². The van der Waals surface area contributed by atoms with Crippen molar-refractivity contribution in [2.75, 3.05) is 26.9 Å². The lowest BCUT2D eigenvalue weighted by molar-refractivity contribution is -0.0724. The van der Waals surface area contributed by atoms with Crippen molar-refractivity contribution in [1.82, 2.24) is 4.31 Å². The molecule has 0 atom stereocenters. The van der Waals surface area contributed by atoms with Gasteiger partial charge in [0.25, 0.3) is 0 Å². The molecule has 0 unspecified atom stereocenters. The van der Waals surface area contributed by atoms with E-state index in [9.17, 15) is 8.42 Å². The molecule has 22 heavy (non-hydrogen) atoms. The van der Waals surface area contributed by atoms with Gasteiger partial charge in [0.1, 0.15) is 0 Å². The van der Waals surface area contributed by atoms with Crippen LogP contribution in [0.5, 0.6) is 0 Å². The number of nitrogens with zero attached hydrogens (tertiary/aromatic N) is 1. The van der Waals surface area contributed by atoms with Gasteiger partial charge in [0.2, 0.25) is 10.0 Å². The van der Waals surface area contributed by atoms with Gasteiger partial charge in [-0.2, -0.15) is 4.31 Å². The Kier molecular flexibility index (Phi) is 4.29. The van der Waals surface area contributed by atoms with Gasteiger partial charge in [-0.15, -0.1) is 0 Å². The largest absolute Gasteiger partial charge is 0.385 e.